The van der Waals surface area contributed by atoms with Gasteiger partial charge < -0.3 is 20.9 Å². The summed E-state index contributed by atoms with van der Waals surface area (Å²) in [4.78, 5) is 44.7. The summed E-state index contributed by atoms with van der Waals surface area (Å²) in [5.74, 6) is 0.0222. The number of aromatic nitrogens is 3. The molecule has 0 saturated carbocycles. The van der Waals surface area contributed by atoms with Gasteiger partial charge in [-0.2, -0.15) is 5.10 Å². The van der Waals surface area contributed by atoms with Crippen LogP contribution in [0, 0.1) is 0 Å². The monoisotopic (exact) mass is 633 g/mol. The largest absolute Gasteiger partial charge is 0.353 e. The van der Waals surface area contributed by atoms with E-state index in [2.05, 4.69) is 38.0 Å². The summed E-state index contributed by atoms with van der Waals surface area (Å²) < 4.78 is 1.29. The summed E-state index contributed by atoms with van der Waals surface area (Å²) in [5.41, 5.74) is 3.80. The molecule has 228 valence electrons. The number of anilines is 2. The maximum atomic E-state index is 13.0. The smallest absolute Gasteiger partial charge is 0.323 e. The molecule has 44 heavy (non-hydrogen) atoms. The van der Waals surface area contributed by atoms with Crippen LogP contribution in [-0.4, -0.2) is 57.8 Å². The number of aryl methyl sites for hydroxylation is 1. The highest BCUT2D eigenvalue weighted by Crippen LogP contribution is 2.29. The van der Waals surface area contributed by atoms with Gasteiger partial charge in [0, 0.05) is 30.5 Å². The molecule has 0 radical (unpaired) electrons. The van der Waals surface area contributed by atoms with E-state index in [-0.39, 0.29) is 33.4 Å². The Morgan fingerprint density at radius 3 is 2.30 bits per heavy atom. The molecule has 3 amide bonds. The number of carbonyl (C=O) groups excluding carboxylic acids is 2. The van der Waals surface area contributed by atoms with Crippen molar-refractivity contribution < 1.29 is 9.59 Å². The van der Waals surface area contributed by atoms with Crippen molar-refractivity contribution in [3.05, 3.63) is 93.0 Å². The zero-order chi connectivity index (χ0) is 31.2. The Morgan fingerprint density at radius 1 is 0.932 bits per heavy atom. The van der Waals surface area contributed by atoms with Crippen LogP contribution in [0.4, 0.5) is 16.2 Å². The van der Waals surface area contributed by atoms with Crippen molar-refractivity contribution in [2.45, 2.75) is 38.8 Å². The van der Waals surface area contributed by atoms with E-state index in [1.165, 1.54) is 23.1 Å². The molecule has 3 N–H and O–H groups in total. The highest BCUT2D eigenvalue weighted by molar-refractivity contribution is 6.39. The van der Waals surface area contributed by atoms with Crippen molar-refractivity contribution in [3.8, 4) is 22.4 Å². The molecule has 0 spiro atoms. The van der Waals surface area contributed by atoms with Gasteiger partial charge in [0.05, 0.1) is 27.8 Å². The van der Waals surface area contributed by atoms with Crippen LogP contribution in [0.25, 0.3) is 22.4 Å². The van der Waals surface area contributed by atoms with Gasteiger partial charge in [-0.15, -0.1) is 0 Å². The number of hydrogen-bond donors (Lipinski definition) is 3. The van der Waals surface area contributed by atoms with Gasteiger partial charge in [0.25, 0.3) is 5.56 Å². The molecule has 12 heteroatoms. The normalized spacial score (nSPS) is 13.8. The molecule has 3 heterocycles. The first-order valence-electron chi connectivity index (χ1n) is 14.4. The molecule has 1 aliphatic heterocycles. The number of likely N-dealkylation sites (tertiary alicyclic amines) is 1. The Kier molecular flexibility index (Phi) is 9.94. The predicted octanol–water partition coefficient (Wildman–Crippen LogP) is 5.70. The highest BCUT2D eigenvalue weighted by atomic mass is 35.5. The summed E-state index contributed by atoms with van der Waals surface area (Å²) in [6, 6.07) is 16.7. The molecule has 5 rings (SSSR count). The minimum Gasteiger partial charge on any atom is -0.353 e. The summed E-state index contributed by atoms with van der Waals surface area (Å²) in [5, 5.41) is 13.2. The number of rotatable bonds is 8. The van der Waals surface area contributed by atoms with Gasteiger partial charge in [0.2, 0.25) is 5.91 Å². The minimum absolute atomic E-state index is 0.0222. The molecular formula is C32H33Cl2N7O3. The molecule has 10 nitrogen and oxygen atoms in total. The van der Waals surface area contributed by atoms with E-state index in [1.54, 1.807) is 6.92 Å². The summed E-state index contributed by atoms with van der Waals surface area (Å²) in [6.45, 7) is 4.07. The van der Waals surface area contributed by atoms with Crippen molar-refractivity contribution in [2.24, 2.45) is 0 Å². The van der Waals surface area contributed by atoms with Crippen LogP contribution >= 0.6 is 23.2 Å². The van der Waals surface area contributed by atoms with Gasteiger partial charge >= 0.3 is 6.03 Å². The second kappa shape index (κ2) is 14.0. The fourth-order valence-corrected chi connectivity index (χ4v) is 5.58. The van der Waals surface area contributed by atoms with Gasteiger partial charge in [0.15, 0.2) is 0 Å². The fourth-order valence-electron chi connectivity index (χ4n) is 5.12. The van der Waals surface area contributed by atoms with E-state index in [1.807, 2.05) is 48.5 Å². The highest BCUT2D eigenvalue weighted by Gasteiger charge is 2.19. The average molecular weight is 635 g/mol. The van der Waals surface area contributed by atoms with E-state index < -0.39 is 11.6 Å². The third kappa shape index (κ3) is 7.63. The average Bonchev–Trinajstić information content (AvgIpc) is 3.01. The number of urea groups is 1. The lowest BCUT2D eigenvalue weighted by molar-refractivity contribution is -0.121. The predicted molar refractivity (Wildman–Crippen MR) is 174 cm³/mol. The number of nitrogens with zero attached hydrogens (tertiary/aromatic N) is 4. The second-order valence-corrected chi connectivity index (χ2v) is 11.5. The third-order valence-electron chi connectivity index (χ3n) is 7.48. The van der Waals surface area contributed by atoms with E-state index in [0.717, 1.165) is 48.2 Å². The Balaban J connectivity index is 1.34. The van der Waals surface area contributed by atoms with Crippen molar-refractivity contribution in [1.82, 2.24) is 25.0 Å². The first kappa shape index (κ1) is 31.2. The zero-order valence-corrected chi connectivity index (χ0v) is 26.0. The van der Waals surface area contributed by atoms with Crippen LogP contribution in [0.5, 0.6) is 0 Å². The zero-order valence-electron chi connectivity index (χ0n) is 24.4. The van der Waals surface area contributed by atoms with E-state index in [9.17, 15) is 14.4 Å². The molecule has 0 atom stereocenters. The van der Waals surface area contributed by atoms with Crippen molar-refractivity contribution in [3.63, 3.8) is 0 Å². The summed E-state index contributed by atoms with van der Waals surface area (Å²) in [7, 11) is 2.10. The first-order valence-corrected chi connectivity index (χ1v) is 15.1. The Hall–Kier alpha value is -4.25. The number of benzene rings is 2. The molecule has 0 unspecified atom stereocenters. The van der Waals surface area contributed by atoms with Crippen LogP contribution in [0.15, 0.2) is 71.8 Å². The molecule has 1 fully saturated rings. The molecular weight excluding hydrogens is 601 g/mol. The summed E-state index contributed by atoms with van der Waals surface area (Å²) in [6.07, 6.45) is 4.93. The second-order valence-electron chi connectivity index (χ2n) is 10.7. The van der Waals surface area contributed by atoms with Crippen LogP contribution < -0.4 is 21.5 Å². The van der Waals surface area contributed by atoms with E-state index in [0.29, 0.717) is 18.7 Å². The van der Waals surface area contributed by atoms with Gasteiger partial charge in [-0.1, -0.05) is 65.7 Å². The minimum atomic E-state index is -0.692. The lowest BCUT2D eigenvalue weighted by atomic mass is 9.98. The lowest BCUT2D eigenvalue weighted by Gasteiger charge is -2.29. The number of halogens is 2. The quantitative estimate of drug-likeness (QED) is 0.229. The number of hydrogen-bond acceptors (Lipinski definition) is 6. The van der Waals surface area contributed by atoms with E-state index >= 15 is 0 Å². The van der Waals surface area contributed by atoms with Crippen LogP contribution in [-0.2, 0) is 17.8 Å². The first-order chi connectivity index (χ1) is 21.2. The lowest BCUT2D eigenvalue weighted by Crippen LogP contribution is -2.43. The standard InChI is InChI=1S/C32H33Cl2N7O3/c1-3-41-31(43)28(37-32(44)38-30-25(33)18-35-19-26(30)34)17-27(39-41)23-9-5-8-22(16-23)21-7-4-6-20(14-21)15-29(42)36-24-10-12-40(2)13-11-24/h4-9,14,16-19,24H,3,10-13,15H2,1-2H3,(H,36,42)(H2,35,37,38,44). The van der Waals surface area contributed by atoms with Crippen molar-refractivity contribution in [1.29, 1.82) is 0 Å². The fraction of sp³-hybridized carbons (Fsp3) is 0.281. The van der Waals surface area contributed by atoms with Gasteiger partial charge in [-0.25, -0.2) is 9.48 Å². The molecule has 4 aromatic rings. The SMILES string of the molecule is CCn1nc(-c2cccc(-c3cccc(CC(=O)NC4CCN(C)CC4)c3)c2)cc(NC(=O)Nc2c(Cl)cncc2Cl)c1=O. The molecule has 0 bridgehead atoms. The van der Waals surface area contributed by atoms with Crippen LogP contribution in [0.2, 0.25) is 10.0 Å². The Bertz CT molecular complexity index is 1720. The number of pyridine rings is 1. The number of piperidine rings is 1. The van der Waals surface area contributed by atoms with Crippen LogP contribution in [0.1, 0.15) is 25.3 Å². The topological polar surface area (TPSA) is 121 Å². The van der Waals surface area contributed by atoms with Crippen molar-refractivity contribution >= 4 is 46.5 Å². The van der Waals surface area contributed by atoms with Gasteiger partial charge in [-0.05, 0) is 68.7 Å². The summed E-state index contributed by atoms with van der Waals surface area (Å²) >= 11 is 12.2. The molecule has 2 aromatic carbocycles. The molecule has 0 aliphatic carbocycles. The van der Waals surface area contributed by atoms with Crippen molar-refractivity contribution in [2.75, 3.05) is 30.8 Å². The molecule has 2 aromatic heterocycles. The Labute approximate surface area is 265 Å². The maximum absolute atomic E-state index is 13.0. The number of amides is 3. The third-order valence-corrected chi connectivity index (χ3v) is 8.05. The van der Waals surface area contributed by atoms with Gasteiger partial charge in [-0.3, -0.25) is 14.6 Å². The number of nitrogens with one attached hydrogen (secondary N) is 3. The van der Waals surface area contributed by atoms with E-state index in [4.69, 9.17) is 23.2 Å². The maximum Gasteiger partial charge on any atom is 0.323 e. The molecule has 1 saturated heterocycles. The molecule has 1 aliphatic rings. The Morgan fingerprint density at radius 2 is 1.59 bits per heavy atom. The van der Waals surface area contributed by atoms with Crippen LogP contribution in [0.3, 0.4) is 0 Å². The van der Waals surface area contributed by atoms with Gasteiger partial charge in [0.1, 0.15) is 5.69 Å². The number of carbonyl (C=O) groups is 2.